The number of ketones is 1. The number of carbonyl (C=O) groups is 1. The van der Waals surface area contributed by atoms with E-state index in [0.29, 0.717) is 11.8 Å². The molecule has 0 saturated carbocycles. The van der Waals surface area contributed by atoms with E-state index in [4.69, 9.17) is 0 Å². The summed E-state index contributed by atoms with van der Waals surface area (Å²) in [6.07, 6.45) is 0.721. The van der Waals surface area contributed by atoms with Gasteiger partial charge in [-0.2, -0.15) is 0 Å². The Hall–Kier alpha value is -0.370. The Balaban J connectivity index is 2.72. The lowest BCUT2D eigenvalue weighted by molar-refractivity contribution is -0.129. The predicted molar refractivity (Wildman–Crippen MR) is 54.7 cm³/mol. The first-order valence-electron chi connectivity index (χ1n) is 5.12. The Kier molecular flexibility index (Phi) is 2.81. The summed E-state index contributed by atoms with van der Waals surface area (Å²) in [5, 5.41) is 0. The molecule has 1 heterocycles. The van der Waals surface area contributed by atoms with Gasteiger partial charge in [0.2, 0.25) is 0 Å². The summed E-state index contributed by atoms with van der Waals surface area (Å²) in [5.74, 6) is 0.642. The largest absolute Gasteiger partial charge is 0.299 e. The number of Topliss-reactive ketones (excluding diaryl/α,β-unsaturated/α-hetero) is 1. The van der Waals surface area contributed by atoms with Crippen LogP contribution in [0.4, 0.5) is 0 Å². The number of likely N-dealkylation sites (tertiary alicyclic amines) is 1. The molecule has 1 rings (SSSR count). The number of carbonyl (C=O) groups excluding carboxylic acids is 1. The Morgan fingerprint density at radius 3 is 2.31 bits per heavy atom. The molecule has 1 aliphatic heterocycles. The first kappa shape index (κ1) is 10.7. The van der Waals surface area contributed by atoms with Crippen LogP contribution in [0.2, 0.25) is 0 Å². The average Bonchev–Trinajstić information content (AvgIpc) is 1.94. The molecule has 0 spiro atoms. The average molecular weight is 183 g/mol. The van der Waals surface area contributed by atoms with Gasteiger partial charge in [-0.15, -0.1) is 0 Å². The van der Waals surface area contributed by atoms with E-state index in [-0.39, 0.29) is 11.5 Å². The Morgan fingerprint density at radius 1 is 1.31 bits per heavy atom. The molecule has 0 bridgehead atoms. The smallest absolute Gasteiger partial charge is 0.138 e. The molecule has 1 saturated heterocycles. The molecule has 13 heavy (non-hydrogen) atoms. The van der Waals surface area contributed by atoms with Crippen LogP contribution in [0.1, 0.15) is 41.0 Å². The van der Waals surface area contributed by atoms with E-state index in [0.717, 1.165) is 13.0 Å². The molecule has 0 radical (unpaired) electrons. The molecule has 2 unspecified atom stereocenters. The van der Waals surface area contributed by atoms with E-state index in [2.05, 4.69) is 32.6 Å². The second kappa shape index (κ2) is 3.41. The zero-order valence-electron chi connectivity index (χ0n) is 9.42. The van der Waals surface area contributed by atoms with E-state index >= 15 is 0 Å². The number of rotatable bonds is 0. The van der Waals surface area contributed by atoms with Gasteiger partial charge in [0.25, 0.3) is 0 Å². The van der Waals surface area contributed by atoms with Crippen molar-refractivity contribution in [1.29, 1.82) is 0 Å². The van der Waals surface area contributed by atoms with Gasteiger partial charge in [-0.25, -0.2) is 0 Å². The maximum absolute atomic E-state index is 11.5. The van der Waals surface area contributed by atoms with Crippen molar-refractivity contribution in [2.45, 2.75) is 52.6 Å². The fraction of sp³-hybridized carbons (Fsp3) is 0.909. The van der Waals surface area contributed by atoms with Crippen LogP contribution < -0.4 is 0 Å². The highest BCUT2D eigenvalue weighted by Gasteiger charge is 2.34. The van der Waals surface area contributed by atoms with E-state index in [9.17, 15) is 4.79 Å². The second-order valence-electron chi connectivity index (χ2n) is 5.24. The van der Waals surface area contributed by atoms with Gasteiger partial charge in [-0.1, -0.05) is 6.92 Å². The number of hydrogen-bond donors (Lipinski definition) is 0. The van der Waals surface area contributed by atoms with Crippen LogP contribution in [0, 0.1) is 5.92 Å². The molecule has 1 aliphatic rings. The van der Waals surface area contributed by atoms with Gasteiger partial charge < -0.3 is 0 Å². The minimum Gasteiger partial charge on any atom is -0.299 e. The lowest BCUT2D eigenvalue weighted by Gasteiger charge is -2.44. The summed E-state index contributed by atoms with van der Waals surface area (Å²) in [6, 6.07) is 0.406. The molecule has 0 N–H and O–H groups in total. The molecule has 0 aromatic heterocycles. The van der Waals surface area contributed by atoms with Crippen molar-refractivity contribution in [2.75, 3.05) is 6.54 Å². The van der Waals surface area contributed by atoms with Crippen LogP contribution in [0.3, 0.4) is 0 Å². The minimum absolute atomic E-state index is 0.189. The molecule has 0 aliphatic carbocycles. The van der Waals surface area contributed by atoms with Crippen LogP contribution in [-0.4, -0.2) is 28.8 Å². The zero-order chi connectivity index (χ0) is 10.2. The fourth-order valence-electron chi connectivity index (χ4n) is 2.11. The van der Waals surface area contributed by atoms with Gasteiger partial charge in [-0.3, -0.25) is 9.69 Å². The van der Waals surface area contributed by atoms with Crippen LogP contribution in [0.5, 0.6) is 0 Å². The van der Waals surface area contributed by atoms with Crippen molar-refractivity contribution >= 4 is 5.78 Å². The first-order valence-corrected chi connectivity index (χ1v) is 5.12. The highest BCUT2D eigenvalue weighted by molar-refractivity contribution is 5.82. The molecule has 1 fully saturated rings. The summed E-state index contributed by atoms with van der Waals surface area (Å²) < 4.78 is 0. The van der Waals surface area contributed by atoms with E-state index in [1.807, 2.05) is 6.92 Å². The van der Waals surface area contributed by atoms with Crippen LogP contribution in [-0.2, 0) is 4.79 Å². The molecule has 2 heteroatoms. The number of nitrogens with zero attached hydrogens (tertiary/aromatic N) is 1. The molecule has 0 aromatic rings. The van der Waals surface area contributed by atoms with Gasteiger partial charge >= 0.3 is 0 Å². The maximum Gasteiger partial charge on any atom is 0.138 e. The quantitative estimate of drug-likeness (QED) is 0.573. The van der Waals surface area contributed by atoms with Gasteiger partial charge in [-0.05, 0) is 27.7 Å². The van der Waals surface area contributed by atoms with Crippen molar-refractivity contribution in [1.82, 2.24) is 4.90 Å². The Labute approximate surface area is 81.3 Å². The molecular formula is C11H21NO. The van der Waals surface area contributed by atoms with E-state index in [1.165, 1.54) is 0 Å². The monoisotopic (exact) mass is 183 g/mol. The molecular weight excluding hydrogens is 162 g/mol. The third kappa shape index (κ3) is 2.31. The van der Waals surface area contributed by atoms with E-state index < -0.39 is 0 Å². The Morgan fingerprint density at radius 2 is 1.85 bits per heavy atom. The molecule has 0 amide bonds. The first-order chi connectivity index (χ1) is 5.82. The van der Waals surface area contributed by atoms with Crippen LogP contribution in [0.25, 0.3) is 0 Å². The topological polar surface area (TPSA) is 20.3 Å². The van der Waals surface area contributed by atoms with Gasteiger partial charge in [0.05, 0.1) is 0 Å². The summed E-state index contributed by atoms with van der Waals surface area (Å²) >= 11 is 0. The highest BCUT2D eigenvalue weighted by Crippen LogP contribution is 2.26. The van der Waals surface area contributed by atoms with Crippen molar-refractivity contribution in [3.63, 3.8) is 0 Å². The maximum atomic E-state index is 11.5. The Bertz CT molecular complexity index is 205. The van der Waals surface area contributed by atoms with E-state index in [1.54, 1.807) is 0 Å². The molecule has 0 aromatic carbocycles. The van der Waals surface area contributed by atoms with Crippen molar-refractivity contribution in [3.05, 3.63) is 0 Å². The highest BCUT2D eigenvalue weighted by atomic mass is 16.1. The predicted octanol–water partition coefficient (Wildman–Crippen LogP) is 2.08. The fourth-order valence-corrected chi connectivity index (χ4v) is 2.11. The van der Waals surface area contributed by atoms with Crippen LogP contribution in [0.15, 0.2) is 0 Å². The van der Waals surface area contributed by atoms with Gasteiger partial charge in [0.15, 0.2) is 0 Å². The summed E-state index contributed by atoms with van der Waals surface area (Å²) in [5.41, 5.74) is 0.189. The normalized spacial score (nSPS) is 32.2. The lowest BCUT2D eigenvalue weighted by Crippen LogP contribution is -2.54. The standard InChI is InChI=1S/C11H21NO/c1-8-7-12(11(3,4)5)9(2)6-10(8)13/h8-9H,6-7H2,1-5H3. The molecule has 76 valence electrons. The van der Waals surface area contributed by atoms with Crippen molar-refractivity contribution in [2.24, 2.45) is 5.92 Å². The van der Waals surface area contributed by atoms with Gasteiger partial charge in [0, 0.05) is 30.5 Å². The third-order valence-electron chi connectivity index (χ3n) is 2.91. The van der Waals surface area contributed by atoms with Crippen molar-refractivity contribution < 1.29 is 4.79 Å². The third-order valence-corrected chi connectivity index (χ3v) is 2.91. The minimum atomic E-state index is 0.189. The zero-order valence-corrected chi connectivity index (χ0v) is 9.42. The SMILES string of the molecule is CC1CN(C(C)(C)C)C(C)CC1=O. The molecule has 2 nitrogen and oxygen atoms in total. The second-order valence-corrected chi connectivity index (χ2v) is 5.24. The van der Waals surface area contributed by atoms with Gasteiger partial charge in [0.1, 0.15) is 5.78 Å². The number of piperidine rings is 1. The summed E-state index contributed by atoms with van der Waals surface area (Å²) in [6.45, 7) is 11.7. The number of hydrogen-bond acceptors (Lipinski definition) is 2. The summed E-state index contributed by atoms with van der Waals surface area (Å²) in [7, 11) is 0. The lowest BCUT2D eigenvalue weighted by atomic mass is 9.89. The molecule has 2 atom stereocenters. The summed E-state index contributed by atoms with van der Waals surface area (Å²) in [4.78, 5) is 13.9. The van der Waals surface area contributed by atoms with Crippen molar-refractivity contribution in [3.8, 4) is 0 Å². The van der Waals surface area contributed by atoms with Crippen LogP contribution >= 0.6 is 0 Å².